The third kappa shape index (κ3) is 2.97. The molecule has 0 aliphatic rings. The maximum Gasteiger partial charge on any atom is 0.175 e. The number of anilines is 1. The van der Waals surface area contributed by atoms with E-state index in [1.165, 1.54) is 0 Å². The molecular weight excluding hydrogens is 326 g/mol. The quantitative estimate of drug-likeness (QED) is 0.709. The monoisotopic (exact) mass is 339 g/mol. The van der Waals surface area contributed by atoms with Gasteiger partial charge in [-0.25, -0.2) is 9.97 Å². The van der Waals surface area contributed by atoms with Crippen LogP contribution in [0.2, 0.25) is 0 Å². The topological polar surface area (TPSA) is 81.4 Å². The molecule has 3 aromatic heterocycles. The number of hydrogen-bond donors (Lipinski definition) is 1. The standard InChI is InChI=1S/C11H13N7S3/c1-12-8-6-4-13-18(2)9(6)15-7(14-8)5-20-11-17-16-10(19-3)21-11/h4H,5H2,1-3H3,(H,12,14,15). The predicted molar refractivity (Wildman–Crippen MR) is 87.1 cm³/mol. The summed E-state index contributed by atoms with van der Waals surface area (Å²) in [5, 5.41) is 16.5. The van der Waals surface area contributed by atoms with E-state index in [-0.39, 0.29) is 0 Å². The van der Waals surface area contributed by atoms with Gasteiger partial charge in [0.15, 0.2) is 14.3 Å². The lowest BCUT2D eigenvalue weighted by molar-refractivity contribution is 0.782. The van der Waals surface area contributed by atoms with Crippen molar-refractivity contribution in [1.29, 1.82) is 0 Å². The number of rotatable bonds is 5. The Balaban J connectivity index is 1.84. The van der Waals surface area contributed by atoms with Gasteiger partial charge in [-0.2, -0.15) is 5.10 Å². The van der Waals surface area contributed by atoms with Gasteiger partial charge in [0, 0.05) is 14.1 Å². The zero-order valence-corrected chi connectivity index (χ0v) is 14.1. The molecule has 0 saturated carbocycles. The molecule has 0 amide bonds. The summed E-state index contributed by atoms with van der Waals surface area (Å²) in [6, 6.07) is 0. The second-order valence-electron chi connectivity index (χ2n) is 4.07. The summed E-state index contributed by atoms with van der Waals surface area (Å²) in [5.74, 6) is 2.20. The molecule has 7 nitrogen and oxygen atoms in total. The lowest BCUT2D eigenvalue weighted by atomic mass is 10.4. The predicted octanol–water partition coefficient (Wildman–Crippen LogP) is 2.27. The average Bonchev–Trinajstić information content (AvgIpc) is 3.11. The fourth-order valence-corrected chi connectivity index (χ4v) is 4.08. The Labute approximate surface area is 134 Å². The van der Waals surface area contributed by atoms with Crippen molar-refractivity contribution in [2.75, 3.05) is 18.6 Å². The minimum absolute atomic E-state index is 0.652. The van der Waals surface area contributed by atoms with Crippen LogP contribution in [0.4, 0.5) is 5.82 Å². The van der Waals surface area contributed by atoms with Crippen molar-refractivity contribution in [1.82, 2.24) is 29.9 Å². The van der Waals surface area contributed by atoms with Gasteiger partial charge in [-0.15, -0.1) is 10.2 Å². The van der Waals surface area contributed by atoms with Gasteiger partial charge in [0.05, 0.1) is 17.3 Å². The van der Waals surface area contributed by atoms with E-state index >= 15 is 0 Å². The molecule has 1 N–H and O–H groups in total. The van der Waals surface area contributed by atoms with Gasteiger partial charge in [0.25, 0.3) is 0 Å². The molecule has 0 aromatic carbocycles. The Morgan fingerprint density at radius 1 is 1.29 bits per heavy atom. The van der Waals surface area contributed by atoms with Crippen molar-refractivity contribution in [2.45, 2.75) is 14.4 Å². The van der Waals surface area contributed by atoms with Gasteiger partial charge in [0.1, 0.15) is 11.6 Å². The van der Waals surface area contributed by atoms with Crippen LogP contribution in [0, 0.1) is 0 Å². The molecule has 110 valence electrons. The molecule has 0 aliphatic carbocycles. The summed E-state index contributed by atoms with van der Waals surface area (Å²) in [5.41, 5.74) is 0.826. The first-order valence-corrected chi connectivity index (χ1v) is 9.10. The van der Waals surface area contributed by atoms with Crippen LogP contribution in [0.1, 0.15) is 5.82 Å². The number of aromatic nitrogens is 6. The van der Waals surface area contributed by atoms with E-state index in [9.17, 15) is 0 Å². The van der Waals surface area contributed by atoms with Crippen LogP contribution in [0.25, 0.3) is 11.0 Å². The van der Waals surface area contributed by atoms with Crippen LogP contribution >= 0.6 is 34.9 Å². The summed E-state index contributed by atoms with van der Waals surface area (Å²) < 4.78 is 3.65. The molecule has 0 unspecified atom stereocenters. The van der Waals surface area contributed by atoms with Crippen molar-refractivity contribution < 1.29 is 0 Å². The molecule has 0 spiro atoms. The Hall–Kier alpha value is -1.39. The highest BCUT2D eigenvalue weighted by Crippen LogP contribution is 2.29. The van der Waals surface area contributed by atoms with E-state index < -0.39 is 0 Å². The fraction of sp³-hybridized carbons (Fsp3) is 0.364. The van der Waals surface area contributed by atoms with Crippen molar-refractivity contribution in [3.05, 3.63) is 12.0 Å². The fourth-order valence-electron chi connectivity index (χ4n) is 1.79. The second kappa shape index (κ2) is 6.16. The van der Waals surface area contributed by atoms with E-state index in [0.29, 0.717) is 5.75 Å². The normalized spacial score (nSPS) is 11.2. The SMILES string of the molecule is CNc1nc(CSc2nnc(SC)s2)nc2c1cnn2C. The molecule has 3 aromatic rings. The lowest BCUT2D eigenvalue weighted by Crippen LogP contribution is -2.02. The Bertz CT molecular complexity index is 766. The van der Waals surface area contributed by atoms with Crippen molar-refractivity contribution in [3.8, 4) is 0 Å². The van der Waals surface area contributed by atoms with Crippen LogP contribution < -0.4 is 5.32 Å². The summed E-state index contributed by atoms with van der Waals surface area (Å²) in [7, 11) is 3.72. The average molecular weight is 339 g/mol. The Kier molecular flexibility index (Phi) is 4.27. The first-order chi connectivity index (χ1) is 10.2. The van der Waals surface area contributed by atoms with Gasteiger partial charge < -0.3 is 5.32 Å². The van der Waals surface area contributed by atoms with Crippen LogP contribution in [0.5, 0.6) is 0 Å². The van der Waals surface area contributed by atoms with Gasteiger partial charge in [-0.05, 0) is 6.26 Å². The Morgan fingerprint density at radius 3 is 2.81 bits per heavy atom. The van der Waals surface area contributed by atoms with Crippen LogP contribution in [-0.4, -0.2) is 43.2 Å². The first kappa shape index (κ1) is 14.5. The highest BCUT2D eigenvalue weighted by molar-refractivity contribution is 8.02. The lowest BCUT2D eigenvalue weighted by Gasteiger charge is -2.04. The number of nitrogens with zero attached hydrogens (tertiary/aromatic N) is 6. The maximum absolute atomic E-state index is 4.57. The molecule has 0 aliphatic heterocycles. The van der Waals surface area contributed by atoms with E-state index in [0.717, 1.165) is 31.4 Å². The molecule has 0 saturated heterocycles. The number of hydrogen-bond acceptors (Lipinski definition) is 9. The molecule has 0 bridgehead atoms. The molecule has 21 heavy (non-hydrogen) atoms. The van der Waals surface area contributed by atoms with Gasteiger partial charge in [-0.3, -0.25) is 4.68 Å². The second-order valence-corrected chi connectivity index (χ2v) is 7.32. The van der Waals surface area contributed by atoms with E-state index in [4.69, 9.17) is 0 Å². The number of fused-ring (bicyclic) bond motifs is 1. The van der Waals surface area contributed by atoms with Crippen LogP contribution in [0.15, 0.2) is 14.9 Å². The summed E-state index contributed by atoms with van der Waals surface area (Å²) in [6.07, 6.45) is 3.77. The zero-order valence-electron chi connectivity index (χ0n) is 11.7. The minimum Gasteiger partial charge on any atom is -0.372 e. The van der Waals surface area contributed by atoms with E-state index in [1.54, 1.807) is 45.7 Å². The van der Waals surface area contributed by atoms with Gasteiger partial charge in [-0.1, -0.05) is 34.9 Å². The van der Waals surface area contributed by atoms with Crippen molar-refractivity contribution in [3.63, 3.8) is 0 Å². The van der Waals surface area contributed by atoms with Crippen LogP contribution in [-0.2, 0) is 12.8 Å². The number of thioether (sulfide) groups is 2. The molecule has 0 atom stereocenters. The number of nitrogens with one attached hydrogen (secondary N) is 1. The highest BCUT2D eigenvalue weighted by Gasteiger charge is 2.12. The molecule has 3 heterocycles. The number of aryl methyl sites for hydroxylation is 1. The zero-order chi connectivity index (χ0) is 14.8. The highest BCUT2D eigenvalue weighted by atomic mass is 32.2. The van der Waals surface area contributed by atoms with Crippen molar-refractivity contribution >= 4 is 51.7 Å². The smallest absolute Gasteiger partial charge is 0.175 e. The van der Waals surface area contributed by atoms with Gasteiger partial charge >= 0.3 is 0 Å². The molecular formula is C11H13N7S3. The summed E-state index contributed by atoms with van der Waals surface area (Å²) >= 11 is 4.78. The van der Waals surface area contributed by atoms with Crippen LogP contribution in [0.3, 0.4) is 0 Å². The Morgan fingerprint density at radius 2 is 2.10 bits per heavy atom. The summed E-state index contributed by atoms with van der Waals surface area (Å²) in [4.78, 5) is 9.09. The first-order valence-electron chi connectivity index (χ1n) is 6.08. The van der Waals surface area contributed by atoms with Crippen molar-refractivity contribution in [2.24, 2.45) is 7.05 Å². The van der Waals surface area contributed by atoms with E-state index in [2.05, 4.69) is 30.6 Å². The largest absolute Gasteiger partial charge is 0.372 e. The van der Waals surface area contributed by atoms with Gasteiger partial charge in [0.2, 0.25) is 0 Å². The molecule has 10 heteroatoms. The van der Waals surface area contributed by atoms with E-state index in [1.807, 2.05) is 20.4 Å². The molecule has 0 radical (unpaired) electrons. The third-order valence-electron chi connectivity index (χ3n) is 2.76. The minimum atomic E-state index is 0.652. The molecule has 0 fully saturated rings. The third-order valence-corrected chi connectivity index (χ3v) is 5.79. The molecule has 3 rings (SSSR count). The summed E-state index contributed by atoms with van der Waals surface area (Å²) in [6.45, 7) is 0. The maximum atomic E-state index is 4.57.